The highest BCUT2D eigenvalue weighted by atomic mass is 35.5. The molecule has 0 rings (SSSR count). The number of halogens is 1. The first-order valence-corrected chi connectivity index (χ1v) is 3.99. The molecule has 1 amide bonds. The second kappa shape index (κ2) is 6.16. The van der Waals surface area contributed by atoms with Crippen molar-refractivity contribution in [1.29, 1.82) is 0 Å². The van der Waals surface area contributed by atoms with E-state index < -0.39 is 5.24 Å². The van der Waals surface area contributed by atoms with E-state index in [0.29, 0.717) is 6.42 Å². The van der Waals surface area contributed by atoms with Gasteiger partial charge in [-0.3, -0.25) is 9.59 Å². The predicted octanol–water partition coefficient (Wildman–Crippen LogP) is 1.06. The van der Waals surface area contributed by atoms with Crippen molar-refractivity contribution < 1.29 is 9.59 Å². The Balaban J connectivity index is 3.30. The maximum absolute atomic E-state index is 10.8. The second-order valence-electron chi connectivity index (χ2n) is 2.24. The summed E-state index contributed by atoms with van der Waals surface area (Å²) < 4.78 is 0. The highest BCUT2D eigenvalue weighted by Crippen LogP contribution is 1.92. The van der Waals surface area contributed by atoms with E-state index in [0.717, 1.165) is 12.8 Å². The van der Waals surface area contributed by atoms with Gasteiger partial charge in [0.2, 0.25) is 11.1 Å². The fraction of sp³-hybridized carbons (Fsp3) is 0.714. The molecule has 0 unspecified atom stereocenters. The first kappa shape index (κ1) is 10.4. The zero-order valence-corrected chi connectivity index (χ0v) is 7.28. The zero-order valence-electron chi connectivity index (χ0n) is 6.52. The van der Waals surface area contributed by atoms with Crippen LogP contribution in [0.2, 0.25) is 0 Å². The van der Waals surface area contributed by atoms with Gasteiger partial charge in [-0.1, -0.05) is 13.3 Å². The van der Waals surface area contributed by atoms with E-state index in [9.17, 15) is 9.59 Å². The van der Waals surface area contributed by atoms with Crippen LogP contribution >= 0.6 is 11.6 Å². The van der Waals surface area contributed by atoms with Crippen molar-refractivity contribution in [1.82, 2.24) is 5.32 Å². The Kier molecular flexibility index (Phi) is 5.84. The quantitative estimate of drug-likeness (QED) is 0.639. The first-order valence-electron chi connectivity index (χ1n) is 3.61. The van der Waals surface area contributed by atoms with Crippen LogP contribution in [0, 0.1) is 0 Å². The monoisotopic (exact) mass is 177 g/mol. The summed E-state index contributed by atoms with van der Waals surface area (Å²) in [6.07, 6.45) is 2.30. The van der Waals surface area contributed by atoms with E-state index in [-0.39, 0.29) is 12.5 Å². The lowest BCUT2D eigenvalue weighted by molar-refractivity contribution is -0.123. The standard InChI is InChI=1S/C7H12ClNO2/c1-2-3-4-7(11)9-5-6(8)10/h2-5H2,1H3,(H,9,11). The normalized spacial score (nSPS) is 9.27. The summed E-state index contributed by atoms with van der Waals surface area (Å²) in [5, 5.41) is 1.86. The van der Waals surface area contributed by atoms with Crippen molar-refractivity contribution in [2.24, 2.45) is 0 Å². The van der Waals surface area contributed by atoms with Crippen LogP contribution < -0.4 is 5.32 Å². The van der Waals surface area contributed by atoms with Gasteiger partial charge in [0, 0.05) is 6.42 Å². The Bertz CT molecular complexity index is 147. The molecule has 1 N–H and O–H groups in total. The molecule has 0 aromatic rings. The molecule has 0 heterocycles. The van der Waals surface area contributed by atoms with Gasteiger partial charge >= 0.3 is 0 Å². The van der Waals surface area contributed by atoms with E-state index in [4.69, 9.17) is 11.6 Å². The van der Waals surface area contributed by atoms with E-state index in [1.165, 1.54) is 0 Å². The average molecular weight is 178 g/mol. The smallest absolute Gasteiger partial charge is 0.240 e. The molecule has 64 valence electrons. The van der Waals surface area contributed by atoms with Gasteiger partial charge in [0.25, 0.3) is 0 Å². The number of carbonyl (C=O) groups excluding carboxylic acids is 2. The maximum Gasteiger partial charge on any atom is 0.240 e. The van der Waals surface area contributed by atoms with Gasteiger partial charge in [0.1, 0.15) is 0 Å². The average Bonchev–Trinajstić information content (AvgIpc) is 1.97. The van der Waals surface area contributed by atoms with Gasteiger partial charge in [0.15, 0.2) is 0 Å². The molecule has 0 atom stereocenters. The summed E-state index contributed by atoms with van der Waals surface area (Å²) in [7, 11) is 0. The lowest BCUT2D eigenvalue weighted by Crippen LogP contribution is -2.27. The van der Waals surface area contributed by atoms with Crippen molar-refractivity contribution in [3.8, 4) is 0 Å². The van der Waals surface area contributed by atoms with Crippen LogP contribution in [0.15, 0.2) is 0 Å². The van der Waals surface area contributed by atoms with Crippen LogP contribution in [-0.4, -0.2) is 17.7 Å². The van der Waals surface area contributed by atoms with Crippen LogP contribution in [0.1, 0.15) is 26.2 Å². The molecule has 0 aromatic carbocycles. The maximum atomic E-state index is 10.8. The van der Waals surface area contributed by atoms with Crippen LogP contribution in [-0.2, 0) is 9.59 Å². The van der Waals surface area contributed by atoms with Crippen LogP contribution in [0.4, 0.5) is 0 Å². The first-order chi connectivity index (χ1) is 5.16. The van der Waals surface area contributed by atoms with Gasteiger partial charge in [-0.15, -0.1) is 0 Å². The molecule has 0 radical (unpaired) electrons. The number of rotatable bonds is 5. The van der Waals surface area contributed by atoms with Crippen LogP contribution in [0.3, 0.4) is 0 Å². The number of nitrogens with one attached hydrogen (secondary N) is 1. The third-order valence-corrected chi connectivity index (χ3v) is 1.32. The molecule has 11 heavy (non-hydrogen) atoms. The number of unbranched alkanes of at least 4 members (excludes halogenated alkanes) is 1. The number of hydrogen-bond acceptors (Lipinski definition) is 2. The van der Waals surface area contributed by atoms with Crippen LogP contribution in [0.5, 0.6) is 0 Å². The second-order valence-corrected chi connectivity index (χ2v) is 2.66. The molecular formula is C7H12ClNO2. The fourth-order valence-corrected chi connectivity index (χ4v) is 0.661. The van der Waals surface area contributed by atoms with E-state index in [1.807, 2.05) is 6.92 Å². The molecule has 0 saturated heterocycles. The molecule has 0 fully saturated rings. The minimum Gasteiger partial charge on any atom is -0.348 e. The van der Waals surface area contributed by atoms with Crippen molar-refractivity contribution in [2.75, 3.05) is 6.54 Å². The number of hydrogen-bond donors (Lipinski definition) is 1. The largest absolute Gasteiger partial charge is 0.348 e. The van der Waals surface area contributed by atoms with Crippen molar-refractivity contribution in [3.05, 3.63) is 0 Å². The minimum atomic E-state index is -0.533. The third-order valence-electron chi connectivity index (χ3n) is 1.18. The van der Waals surface area contributed by atoms with Crippen molar-refractivity contribution >= 4 is 22.8 Å². The molecule has 0 saturated carbocycles. The summed E-state index contributed by atoms with van der Waals surface area (Å²) in [6.45, 7) is 1.93. The van der Waals surface area contributed by atoms with Gasteiger partial charge in [-0.25, -0.2) is 0 Å². The van der Waals surface area contributed by atoms with Gasteiger partial charge in [0.05, 0.1) is 6.54 Å². The molecule has 0 bridgehead atoms. The van der Waals surface area contributed by atoms with Gasteiger partial charge in [-0.05, 0) is 18.0 Å². The van der Waals surface area contributed by atoms with E-state index in [2.05, 4.69) is 5.32 Å². The lowest BCUT2D eigenvalue weighted by Gasteiger charge is -1.99. The van der Waals surface area contributed by atoms with E-state index >= 15 is 0 Å². The topological polar surface area (TPSA) is 46.2 Å². The summed E-state index contributed by atoms with van der Waals surface area (Å²) in [5.74, 6) is -0.110. The molecule has 0 aliphatic rings. The SMILES string of the molecule is CCCCC(=O)NCC(=O)Cl. The molecule has 0 aliphatic carbocycles. The fourth-order valence-electron chi connectivity index (χ4n) is 0.594. The van der Waals surface area contributed by atoms with Crippen molar-refractivity contribution in [3.63, 3.8) is 0 Å². The molecule has 0 spiro atoms. The Morgan fingerprint density at radius 2 is 2.09 bits per heavy atom. The Hall–Kier alpha value is -0.570. The third kappa shape index (κ3) is 7.33. The highest BCUT2D eigenvalue weighted by Gasteiger charge is 2.01. The summed E-state index contributed by atoms with van der Waals surface area (Å²) in [5.41, 5.74) is 0. The Morgan fingerprint density at radius 1 is 1.45 bits per heavy atom. The van der Waals surface area contributed by atoms with Gasteiger partial charge < -0.3 is 5.32 Å². The van der Waals surface area contributed by atoms with Gasteiger partial charge in [-0.2, -0.15) is 0 Å². The number of amides is 1. The summed E-state index contributed by atoms with van der Waals surface area (Å²) in [4.78, 5) is 21.0. The Morgan fingerprint density at radius 3 is 2.55 bits per heavy atom. The molecule has 0 aromatic heterocycles. The summed E-state index contributed by atoms with van der Waals surface area (Å²) in [6, 6.07) is 0. The highest BCUT2D eigenvalue weighted by molar-refractivity contribution is 6.64. The summed E-state index contributed by atoms with van der Waals surface area (Å²) >= 11 is 5.00. The molecular weight excluding hydrogens is 166 g/mol. The lowest BCUT2D eigenvalue weighted by atomic mass is 10.2. The minimum absolute atomic E-state index is 0.0654. The zero-order chi connectivity index (χ0) is 8.69. The molecule has 3 nitrogen and oxygen atoms in total. The van der Waals surface area contributed by atoms with Crippen molar-refractivity contribution in [2.45, 2.75) is 26.2 Å². The van der Waals surface area contributed by atoms with E-state index in [1.54, 1.807) is 0 Å². The Labute approximate surface area is 71.1 Å². The predicted molar refractivity (Wildman–Crippen MR) is 43.4 cm³/mol. The molecule has 0 aliphatic heterocycles. The molecule has 4 heteroatoms. The number of carbonyl (C=O) groups is 2. The van der Waals surface area contributed by atoms with Crippen LogP contribution in [0.25, 0.3) is 0 Å².